The van der Waals surface area contributed by atoms with Crippen molar-refractivity contribution in [2.75, 3.05) is 51.2 Å². The molecule has 5 rings (SSSR count). The number of halogens is 2. The van der Waals surface area contributed by atoms with Gasteiger partial charge in [-0.2, -0.15) is 0 Å². The van der Waals surface area contributed by atoms with E-state index in [1.807, 2.05) is 29.0 Å². The summed E-state index contributed by atoms with van der Waals surface area (Å²) in [5.74, 6) is 0.0609. The fourth-order valence-corrected chi connectivity index (χ4v) is 6.02. The molecule has 4 fully saturated rings. The maximum atomic E-state index is 13.6. The van der Waals surface area contributed by atoms with E-state index in [2.05, 4.69) is 9.80 Å². The highest BCUT2D eigenvalue weighted by atomic mass is 35.5. The summed E-state index contributed by atoms with van der Waals surface area (Å²) in [7, 11) is 1.87. The minimum atomic E-state index is -0.476. The molecule has 0 bridgehead atoms. The number of aliphatic hydroxyl groups excluding tert-OH is 1. The summed E-state index contributed by atoms with van der Waals surface area (Å²) in [6.45, 7) is 4.02. The average Bonchev–Trinajstić information content (AvgIpc) is 3.75. The van der Waals surface area contributed by atoms with Crippen molar-refractivity contribution in [3.8, 4) is 0 Å². The number of likely N-dealkylation sites (N-methyl/N-ethyl adjacent to an activating group) is 1. The number of piperidine rings is 1. The number of aliphatic hydroxyl groups is 1. The molecule has 0 radical (unpaired) electrons. The second-order valence-corrected chi connectivity index (χ2v) is 11.7. The molecule has 2 saturated carbocycles. The van der Waals surface area contributed by atoms with E-state index in [0.717, 1.165) is 44.3 Å². The van der Waals surface area contributed by atoms with E-state index in [9.17, 15) is 14.7 Å². The van der Waals surface area contributed by atoms with Gasteiger partial charge in [-0.05, 0) is 68.7 Å². The quantitative estimate of drug-likeness (QED) is 0.595. The predicted molar refractivity (Wildman–Crippen MR) is 138 cm³/mol. The molecule has 1 aromatic carbocycles. The smallest absolute Gasteiger partial charge is 0.245 e. The van der Waals surface area contributed by atoms with Crippen LogP contribution in [0.1, 0.15) is 44.9 Å². The molecule has 2 aliphatic heterocycles. The van der Waals surface area contributed by atoms with Gasteiger partial charge in [-0.15, -0.1) is 0 Å². The third-order valence-electron chi connectivity index (χ3n) is 8.57. The topological polar surface area (TPSA) is 67.3 Å². The summed E-state index contributed by atoms with van der Waals surface area (Å²) < 4.78 is 0. The van der Waals surface area contributed by atoms with Gasteiger partial charge in [0.15, 0.2) is 0 Å². The molecule has 0 aromatic heterocycles. The van der Waals surface area contributed by atoms with Gasteiger partial charge in [0.05, 0.1) is 16.1 Å². The Morgan fingerprint density at radius 2 is 1.91 bits per heavy atom. The van der Waals surface area contributed by atoms with E-state index < -0.39 is 6.04 Å². The largest absolute Gasteiger partial charge is 0.391 e. The lowest BCUT2D eigenvalue weighted by molar-refractivity contribution is -0.145. The molecule has 2 aliphatic carbocycles. The second-order valence-electron chi connectivity index (χ2n) is 10.8. The molecule has 1 spiro atoms. The van der Waals surface area contributed by atoms with Crippen molar-refractivity contribution < 1.29 is 14.7 Å². The first-order chi connectivity index (χ1) is 16.8. The molecule has 0 unspecified atom stereocenters. The maximum absolute atomic E-state index is 13.6. The van der Waals surface area contributed by atoms with Crippen LogP contribution < -0.4 is 4.90 Å². The van der Waals surface area contributed by atoms with E-state index in [4.69, 9.17) is 23.2 Å². The Morgan fingerprint density at radius 1 is 1.14 bits per heavy atom. The number of β-amino-alcohol motifs (C(OH)–C–C–N with tert-alkyl or cyclic N) is 1. The standard InChI is InChI=1S/C26H36Cl2N4O3/c1-29(18-2-3-18)25(35)22(6-11-30-13-10-26(8-9-26)23(33)17-30)32-15-14-31(12-7-24(32)34)19-4-5-20(27)21(28)16-19/h4-5,16,18,22-23,33H,2-3,6-15,17H2,1H3/t22-,23+/m0/s1. The molecule has 2 heterocycles. The van der Waals surface area contributed by atoms with Crippen molar-refractivity contribution in [2.45, 2.75) is 63.1 Å². The number of anilines is 1. The zero-order valence-electron chi connectivity index (χ0n) is 20.5. The number of carbonyl (C=O) groups excluding carboxylic acids is 2. The number of hydrogen-bond acceptors (Lipinski definition) is 5. The monoisotopic (exact) mass is 522 g/mol. The van der Waals surface area contributed by atoms with Crippen LogP contribution in [-0.2, 0) is 9.59 Å². The van der Waals surface area contributed by atoms with Crippen molar-refractivity contribution in [2.24, 2.45) is 5.41 Å². The fourth-order valence-electron chi connectivity index (χ4n) is 5.73. The lowest BCUT2D eigenvalue weighted by Crippen LogP contribution is -2.53. The molecule has 2 atom stereocenters. The summed E-state index contributed by atoms with van der Waals surface area (Å²) in [5.41, 5.74) is 1.09. The maximum Gasteiger partial charge on any atom is 0.245 e. The molecule has 35 heavy (non-hydrogen) atoms. The van der Waals surface area contributed by atoms with Crippen LogP contribution in [0.4, 0.5) is 5.69 Å². The molecule has 1 N–H and O–H groups in total. The Hall–Kier alpha value is -1.54. The first-order valence-electron chi connectivity index (χ1n) is 12.9. The zero-order chi connectivity index (χ0) is 24.7. The Kier molecular flexibility index (Phi) is 7.23. The zero-order valence-corrected chi connectivity index (χ0v) is 22.0. The van der Waals surface area contributed by atoms with Gasteiger partial charge in [0.2, 0.25) is 11.8 Å². The Bertz CT molecular complexity index is 968. The van der Waals surface area contributed by atoms with Crippen LogP contribution in [0.3, 0.4) is 0 Å². The summed E-state index contributed by atoms with van der Waals surface area (Å²) in [5, 5.41) is 11.6. The first-order valence-corrected chi connectivity index (χ1v) is 13.7. The van der Waals surface area contributed by atoms with Gasteiger partial charge in [-0.25, -0.2) is 0 Å². The Morgan fingerprint density at radius 3 is 2.57 bits per heavy atom. The molecule has 1 aromatic rings. The fraction of sp³-hybridized carbons (Fsp3) is 0.692. The van der Waals surface area contributed by atoms with Crippen LogP contribution in [0.2, 0.25) is 10.0 Å². The van der Waals surface area contributed by atoms with Crippen LogP contribution in [0.15, 0.2) is 18.2 Å². The highest BCUT2D eigenvalue weighted by Gasteiger charge is 2.51. The van der Waals surface area contributed by atoms with Gasteiger partial charge in [0, 0.05) is 57.9 Å². The average molecular weight is 524 g/mol. The molecule has 9 heteroatoms. The van der Waals surface area contributed by atoms with E-state index >= 15 is 0 Å². The van der Waals surface area contributed by atoms with E-state index in [1.54, 1.807) is 6.07 Å². The van der Waals surface area contributed by atoms with Crippen LogP contribution >= 0.6 is 23.2 Å². The van der Waals surface area contributed by atoms with Crippen molar-refractivity contribution in [1.82, 2.24) is 14.7 Å². The van der Waals surface area contributed by atoms with Crippen molar-refractivity contribution >= 4 is 40.7 Å². The highest BCUT2D eigenvalue weighted by Crippen LogP contribution is 2.53. The molecule has 4 aliphatic rings. The van der Waals surface area contributed by atoms with E-state index in [-0.39, 0.29) is 23.3 Å². The number of nitrogens with zero attached hydrogens (tertiary/aromatic N) is 4. The molecular weight excluding hydrogens is 487 g/mol. The van der Waals surface area contributed by atoms with Crippen molar-refractivity contribution in [3.63, 3.8) is 0 Å². The van der Waals surface area contributed by atoms with Gasteiger partial charge in [0.25, 0.3) is 0 Å². The van der Waals surface area contributed by atoms with E-state index in [1.165, 1.54) is 0 Å². The molecule has 2 amide bonds. The van der Waals surface area contributed by atoms with Gasteiger partial charge in [0.1, 0.15) is 6.04 Å². The summed E-state index contributed by atoms with van der Waals surface area (Å²) >= 11 is 12.3. The SMILES string of the molecule is CN(C(=O)[C@H](CCN1CCC2(CC2)[C@H](O)C1)N1CCN(c2ccc(Cl)c(Cl)c2)CCC1=O)C1CC1. The Labute approximate surface area is 217 Å². The third kappa shape index (κ3) is 5.43. The highest BCUT2D eigenvalue weighted by molar-refractivity contribution is 6.42. The second kappa shape index (κ2) is 10.1. The predicted octanol–water partition coefficient (Wildman–Crippen LogP) is 3.26. The minimum Gasteiger partial charge on any atom is -0.391 e. The summed E-state index contributed by atoms with van der Waals surface area (Å²) in [6, 6.07) is 5.36. The molecule has 192 valence electrons. The number of carbonyl (C=O) groups is 2. The summed E-state index contributed by atoms with van der Waals surface area (Å²) in [6.07, 6.45) is 6.02. The van der Waals surface area contributed by atoms with Gasteiger partial charge in [-0.3, -0.25) is 9.59 Å². The van der Waals surface area contributed by atoms with Crippen LogP contribution in [0.5, 0.6) is 0 Å². The number of hydrogen-bond donors (Lipinski definition) is 1. The van der Waals surface area contributed by atoms with Crippen LogP contribution in [-0.4, -0.2) is 96.1 Å². The number of rotatable bonds is 7. The number of amides is 2. The third-order valence-corrected chi connectivity index (χ3v) is 9.31. The Balaban J connectivity index is 1.28. The van der Waals surface area contributed by atoms with Crippen LogP contribution in [0.25, 0.3) is 0 Å². The molecular formula is C26H36Cl2N4O3. The number of benzene rings is 1. The molecule has 2 saturated heterocycles. The van der Waals surface area contributed by atoms with Gasteiger partial charge >= 0.3 is 0 Å². The lowest BCUT2D eigenvalue weighted by atomic mass is 9.90. The number of likely N-dealkylation sites (tertiary alicyclic amines) is 1. The minimum absolute atomic E-state index is 0.0192. The summed E-state index contributed by atoms with van der Waals surface area (Å²) in [4.78, 5) is 34.9. The first kappa shape index (κ1) is 25.1. The van der Waals surface area contributed by atoms with Crippen molar-refractivity contribution in [3.05, 3.63) is 28.2 Å². The lowest BCUT2D eigenvalue weighted by Gasteiger charge is -2.38. The normalized spacial score (nSPS) is 25.5. The molecule has 7 nitrogen and oxygen atoms in total. The van der Waals surface area contributed by atoms with E-state index in [0.29, 0.717) is 61.7 Å². The van der Waals surface area contributed by atoms with Gasteiger partial charge < -0.3 is 24.7 Å². The van der Waals surface area contributed by atoms with Gasteiger partial charge in [-0.1, -0.05) is 23.2 Å². The van der Waals surface area contributed by atoms with Crippen molar-refractivity contribution in [1.29, 1.82) is 0 Å². The van der Waals surface area contributed by atoms with Crippen LogP contribution in [0, 0.1) is 5.41 Å².